The van der Waals surface area contributed by atoms with E-state index in [0.29, 0.717) is 71.3 Å². The third-order valence-corrected chi connectivity index (χ3v) is 11.8. The van der Waals surface area contributed by atoms with Crippen LogP contribution in [-0.4, -0.2) is 111 Å². The molecular formula is C42H51N15O6. The van der Waals surface area contributed by atoms with Crippen LogP contribution in [0.5, 0.6) is 5.75 Å². The summed E-state index contributed by atoms with van der Waals surface area (Å²) in [5.74, 6) is -1.59. The molecule has 0 unspecified atom stereocenters. The molecule has 0 atom stereocenters. The lowest BCUT2D eigenvalue weighted by Gasteiger charge is -2.55. The monoisotopic (exact) mass is 861 g/mol. The molecule has 0 bridgehead atoms. The number of carbonyl (C=O) groups excluding carboxylic acids is 4. The van der Waals surface area contributed by atoms with Gasteiger partial charge in [-0.15, -0.1) is 0 Å². The van der Waals surface area contributed by atoms with E-state index >= 15 is 0 Å². The van der Waals surface area contributed by atoms with Crippen molar-refractivity contribution in [3.63, 3.8) is 0 Å². The predicted octanol–water partition coefficient (Wildman–Crippen LogP) is 3.01. The number of benzene rings is 1. The van der Waals surface area contributed by atoms with E-state index in [9.17, 15) is 19.2 Å². The Morgan fingerprint density at radius 3 is 2.19 bits per heavy atom. The Morgan fingerprint density at radius 1 is 0.841 bits per heavy atom. The molecule has 6 aromatic rings. The number of likely N-dealkylation sites (tertiary alicyclic amines) is 1. The number of nitrogens with one attached hydrogen (secondary N) is 2. The van der Waals surface area contributed by atoms with Gasteiger partial charge < -0.3 is 31.2 Å². The largest absolute Gasteiger partial charge is 0.490 e. The summed E-state index contributed by atoms with van der Waals surface area (Å²) in [6.07, 6.45) is 8.08. The molecule has 7 heterocycles. The number of rotatable bonds is 16. The van der Waals surface area contributed by atoms with Gasteiger partial charge in [0, 0.05) is 69.8 Å². The molecule has 1 aromatic carbocycles. The number of aryl methyl sites for hydroxylation is 4. The number of nitrogen functional groups attached to an aromatic ring is 1. The van der Waals surface area contributed by atoms with Gasteiger partial charge in [-0.3, -0.25) is 48.6 Å². The number of hydrogen-bond acceptors (Lipinski definition) is 13. The van der Waals surface area contributed by atoms with Crippen LogP contribution in [0.3, 0.4) is 0 Å². The Labute approximate surface area is 361 Å². The van der Waals surface area contributed by atoms with Crippen LogP contribution in [0.1, 0.15) is 86.2 Å². The molecule has 8 N–H and O–H groups in total. The van der Waals surface area contributed by atoms with Gasteiger partial charge in [0.05, 0.1) is 28.2 Å². The first-order valence-electron chi connectivity index (χ1n) is 20.9. The molecule has 21 nitrogen and oxygen atoms in total. The average Bonchev–Trinajstić information content (AvgIpc) is 4.01. The Balaban J connectivity index is 1.13. The van der Waals surface area contributed by atoms with Gasteiger partial charge in [0.25, 0.3) is 11.8 Å². The van der Waals surface area contributed by atoms with Gasteiger partial charge in [0.2, 0.25) is 23.7 Å². The normalized spacial score (nSPS) is 15.0. The summed E-state index contributed by atoms with van der Waals surface area (Å²) < 4.78 is 18.7. The van der Waals surface area contributed by atoms with E-state index in [4.69, 9.17) is 31.7 Å². The van der Waals surface area contributed by atoms with Crippen LogP contribution in [0.4, 0.5) is 17.6 Å². The van der Waals surface area contributed by atoms with Crippen molar-refractivity contribution >= 4 is 63.4 Å². The molecule has 5 aromatic heterocycles. The van der Waals surface area contributed by atoms with Crippen LogP contribution < -0.4 is 32.6 Å². The van der Waals surface area contributed by atoms with Crippen LogP contribution in [0.2, 0.25) is 0 Å². The molecule has 330 valence electrons. The van der Waals surface area contributed by atoms with Gasteiger partial charge in [0.1, 0.15) is 34.8 Å². The SMILES string of the molecule is CCn1nc(C)cc1C(=O)Nc1nc2cc(C(N)=O)cc(OCCN3CCC34CCOCC4)c2n1C/C=C/Cn1c(NC(=O)c2c(N)c(C)nn2CC)nc2cc(C(N)=O)cnc21. The maximum Gasteiger partial charge on any atom is 0.278 e. The number of carbonyl (C=O) groups is 4. The lowest BCUT2D eigenvalue weighted by Crippen LogP contribution is -2.62. The van der Waals surface area contributed by atoms with Crippen molar-refractivity contribution in [1.29, 1.82) is 0 Å². The zero-order valence-electron chi connectivity index (χ0n) is 35.7. The van der Waals surface area contributed by atoms with Crippen LogP contribution >= 0.6 is 0 Å². The smallest absolute Gasteiger partial charge is 0.278 e. The number of imidazole rings is 2. The summed E-state index contributed by atoms with van der Waals surface area (Å²) >= 11 is 0. The number of pyridine rings is 1. The quantitative estimate of drug-likeness (QED) is 0.0877. The topological polar surface area (TPSA) is 276 Å². The van der Waals surface area contributed by atoms with Gasteiger partial charge in [-0.2, -0.15) is 10.2 Å². The van der Waals surface area contributed by atoms with Gasteiger partial charge in [-0.05, 0) is 71.2 Å². The second-order valence-electron chi connectivity index (χ2n) is 15.7. The van der Waals surface area contributed by atoms with Crippen LogP contribution in [-0.2, 0) is 30.9 Å². The second-order valence-corrected chi connectivity index (χ2v) is 15.7. The van der Waals surface area contributed by atoms with E-state index < -0.39 is 23.6 Å². The summed E-state index contributed by atoms with van der Waals surface area (Å²) in [5.41, 5.74) is 21.7. The van der Waals surface area contributed by atoms with Gasteiger partial charge in [0.15, 0.2) is 5.65 Å². The third-order valence-electron chi connectivity index (χ3n) is 11.8. The first-order valence-corrected chi connectivity index (χ1v) is 20.9. The maximum atomic E-state index is 13.8. The average molecular weight is 862 g/mol. The van der Waals surface area contributed by atoms with Crippen molar-refractivity contribution in [3.8, 4) is 5.75 Å². The van der Waals surface area contributed by atoms with Crippen LogP contribution in [0.25, 0.3) is 22.2 Å². The van der Waals surface area contributed by atoms with Crippen LogP contribution in [0.15, 0.2) is 42.6 Å². The molecule has 0 radical (unpaired) electrons. The fourth-order valence-electron chi connectivity index (χ4n) is 8.41. The third kappa shape index (κ3) is 8.19. The minimum Gasteiger partial charge on any atom is -0.490 e. The van der Waals surface area contributed by atoms with E-state index in [1.807, 2.05) is 32.9 Å². The van der Waals surface area contributed by atoms with Crippen molar-refractivity contribution in [1.82, 2.24) is 48.5 Å². The number of primary amides is 2. The molecule has 2 saturated heterocycles. The Morgan fingerprint density at radius 2 is 1.51 bits per heavy atom. The predicted molar refractivity (Wildman–Crippen MR) is 234 cm³/mol. The lowest BCUT2D eigenvalue weighted by atomic mass is 9.78. The van der Waals surface area contributed by atoms with E-state index in [0.717, 1.165) is 39.0 Å². The summed E-state index contributed by atoms with van der Waals surface area (Å²) in [6, 6.07) is 6.38. The lowest BCUT2D eigenvalue weighted by molar-refractivity contribution is -0.0929. The molecular weight excluding hydrogens is 811 g/mol. The van der Waals surface area contributed by atoms with Gasteiger partial charge >= 0.3 is 0 Å². The van der Waals surface area contributed by atoms with Crippen molar-refractivity contribution in [2.24, 2.45) is 11.5 Å². The van der Waals surface area contributed by atoms with Gasteiger partial charge in [-0.25, -0.2) is 15.0 Å². The zero-order chi connectivity index (χ0) is 44.6. The summed E-state index contributed by atoms with van der Waals surface area (Å²) in [5, 5.41) is 14.6. The minimum absolute atomic E-state index is 0.118. The first kappa shape index (κ1) is 42.6. The molecule has 21 heteroatoms. The van der Waals surface area contributed by atoms with E-state index in [1.54, 1.807) is 38.9 Å². The fraction of sp³-hybridized carbons (Fsp3) is 0.405. The summed E-state index contributed by atoms with van der Waals surface area (Å²) in [7, 11) is 0. The Bertz CT molecular complexity index is 2790. The number of ether oxygens (including phenoxy) is 2. The maximum absolute atomic E-state index is 13.8. The number of hydrogen-bond donors (Lipinski definition) is 5. The molecule has 1 spiro atoms. The molecule has 4 amide bonds. The highest BCUT2D eigenvalue weighted by Gasteiger charge is 2.45. The summed E-state index contributed by atoms with van der Waals surface area (Å²) in [6.45, 7) is 11.9. The number of nitrogens with two attached hydrogens (primary N) is 3. The van der Waals surface area contributed by atoms with Crippen molar-refractivity contribution < 1.29 is 28.7 Å². The molecule has 2 fully saturated rings. The van der Waals surface area contributed by atoms with Crippen molar-refractivity contribution in [2.45, 2.75) is 78.7 Å². The van der Waals surface area contributed by atoms with Crippen molar-refractivity contribution in [3.05, 3.63) is 76.5 Å². The van der Waals surface area contributed by atoms with Gasteiger partial charge in [-0.1, -0.05) is 12.2 Å². The molecule has 63 heavy (non-hydrogen) atoms. The molecule has 8 rings (SSSR count). The van der Waals surface area contributed by atoms with Crippen LogP contribution in [0, 0.1) is 13.8 Å². The number of anilines is 3. The van der Waals surface area contributed by atoms with E-state index in [1.165, 1.54) is 16.9 Å². The van der Waals surface area contributed by atoms with E-state index in [2.05, 4.69) is 35.7 Å². The number of aromatic nitrogens is 9. The number of amides is 4. The minimum atomic E-state index is -0.681. The highest BCUT2D eigenvalue weighted by atomic mass is 16.5. The highest BCUT2D eigenvalue weighted by Crippen LogP contribution is 2.39. The fourth-order valence-corrected chi connectivity index (χ4v) is 8.41. The zero-order valence-corrected chi connectivity index (χ0v) is 35.7. The van der Waals surface area contributed by atoms with Crippen molar-refractivity contribution in [2.75, 3.05) is 49.3 Å². The molecule has 2 aliphatic heterocycles. The Hall–Kier alpha value is -7.13. The van der Waals surface area contributed by atoms with E-state index in [-0.39, 0.29) is 53.0 Å². The molecule has 0 saturated carbocycles. The second kappa shape index (κ2) is 17.3. The number of fused-ring (bicyclic) bond motifs is 2. The molecule has 0 aliphatic carbocycles. The number of nitrogens with zero attached hydrogens (tertiary/aromatic N) is 10. The first-order chi connectivity index (χ1) is 30.3. The number of allylic oxidation sites excluding steroid dienone is 2. The Kier molecular flexibility index (Phi) is 11.7. The molecule has 2 aliphatic rings. The summed E-state index contributed by atoms with van der Waals surface area (Å²) in [4.78, 5) is 68.5. The standard InChI is InChI=1S/C42H51N15O6/c1-5-56-30(19-24(3)51-56)38(60)49-40-47-28-20-26(35(44)58)22-31(63-18-15-53-14-9-42(53)10-16-62-17-11-42)33(28)54(40)12-7-8-13-55-37-29(21-27(23-46-37)36(45)59)48-41(55)50-39(61)34-32(43)25(4)52-57(34)6-2/h7-8,19-23H,5-6,9-18,43H2,1-4H3,(H2,44,58)(H2,45,59)(H,47,49,60)(H,48,50,61)/b8-7+. The highest BCUT2D eigenvalue weighted by molar-refractivity contribution is 6.07.